The zero-order valence-electron chi connectivity index (χ0n) is 10.4. The molecule has 90 valence electrons. The molecular weight excluding hydrogens is 210 g/mol. The Labute approximate surface area is 102 Å². The minimum absolute atomic E-state index is 0.205. The first kappa shape index (κ1) is 11.9. The molecule has 1 aromatic carbocycles. The highest BCUT2D eigenvalue weighted by molar-refractivity contribution is 5.55. The summed E-state index contributed by atoms with van der Waals surface area (Å²) in [6.45, 7) is 4.22. The summed E-state index contributed by atoms with van der Waals surface area (Å²) in [7, 11) is 0. The molecule has 0 aliphatic rings. The summed E-state index contributed by atoms with van der Waals surface area (Å²) in [5.74, 6) is 1.01. The van der Waals surface area contributed by atoms with Crippen LogP contribution in [0, 0.1) is 0 Å². The van der Waals surface area contributed by atoms with Crippen LogP contribution < -0.4 is 5.73 Å². The molecule has 0 spiro atoms. The van der Waals surface area contributed by atoms with E-state index in [0.717, 1.165) is 17.8 Å². The van der Waals surface area contributed by atoms with E-state index < -0.39 is 0 Å². The predicted octanol–water partition coefficient (Wildman–Crippen LogP) is 2.85. The van der Waals surface area contributed by atoms with E-state index >= 15 is 0 Å². The summed E-state index contributed by atoms with van der Waals surface area (Å²) in [5.41, 5.74) is 7.00. The summed E-state index contributed by atoms with van der Waals surface area (Å²) < 4.78 is 2.19. The molecule has 17 heavy (non-hydrogen) atoms. The fourth-order valence-electron chi connectivity index (χ4n) is 2.13. The molecule has 1 aromatic heterocycles. The summed E-state index contributed by atoms with van der Waals surface area (Å²) in [6.07, 6.45) is 4.82. The Hall–Kier alpha value is -1.61. The Bertz CT molecular complexity index is 459. The van der Waals surface area contributed by atoms with Crippen molar-refractivity contribution in [1.29, 1.82) is 0 Å². The van der Waals surface area contributed by atoms with E-state index in [1.54, 1.807) is 0 Å². The Morgan fingerprint density at radius 1 is 1.24 bits per heavy atom. The van der Waals surface area contributed by atoms with Gasteiger partial charge in [0.25, 0.3) is 0 Å². The van der Waals surface area contributed by atoms with Crippen LogP contribution in [0.1, 0.15) is 26.3 Å². The summed E-state index contributed by atoms with van der Waals surface area (Å²) in [5, 5.41) is 0. The maximum atomic E-state index is 5.85. The van der Waals surface area contributed by atoms with E-state index in [2.05, 4.69) is 28.6 Å². The molecule has 2 atom stereocenters. The molecular formula is C14H19N3. The van der Waals surface area contributed by atoms with E-state index in [9.17, 15) is 0 Å². The number of imidazole rings is 1. The first-order valence-corrected chi connectivity index (χ1v) is 6.02. The number of hydrogen-bond acceptors (Lipinski definition) is 2. The second kappa shape index (κ2) is 5.15. The van der Waals surface area contributed by atoms with Gasteiger partial charge in [-0.1, -0.05) is 30.3 Å². The van der Waals surface area contributed by atoms with Gasteiger partial charge in [-0.15, -0.1) is 0 Å². The lowest BCUT2D eigenvalue weighted by molar-refractivity contribution is 0.469. The first-order chi connectivity index (χ1) is 8.18. The molecule has 3 heteroatoms. The van der Waals surface area contributed by atoms with Crippen LogP contribution in [0.5, 0.6) is 0 Å². The van der Waals surface area contributed by atoms with Gasteiger partial charge in [-0.05, 0) is 20.3 Å². The Morgan fingerprint density at radius 3 is 2.59 bits per heavy atom. The SMILES string of the molecule is CC(N)CC(C)n1ccnc1-c1ccccc1. The molecule has 3 nitrogen and oxygen atoms in total. The fourth-order valence-corrected chi connectivity index (χ4v) is 2.13. The van der Waals surface area contributed by atoms with Gasteiger partial charge >= 0.3 is 0 Å². The smallest absolute Gasteiger partial charge is 0.140 e. The molecule has 0 aliphatic heterocycles. The van der Waals surface area contributed by atoms with Crippen molar-refractivity contribution in [3.8, 4) is 11.4 Å². The number of nitrogens with two attached hydrogens (primary N) is 1. The van der Waals surface area contributed by atoms with Gasteiger partial charge in [0.2, 0.25) is 0 Å². The number of benzene rings is 1. The molecule has 0 amide bonds. The van der Waals surface area contributed by atoms with Crippen LogP contribution >= 0.6 is 0 Å². The van der Waals surface area contributed by atoms with Gasteiger partial charge in [-0.2, -0.15) is 0 Å². The molecule has 0 aliphatic carbocycles. The van der Waals surface area contributed by atoms with Crippen LogP contribution in [0.4, 0.5) is 0 Å². The van der Waals surface area contributed by atoms with Crippen molar-refractivity contribution in [2.24, 2.45) is 5.73 Å². The van der Waals surface area contributed by atoms with Crippen LogP contribution in [0.2, 0.25) is 0 Å². The quantitative estimate of drug-likeness (QED) is 0.876. The average Bonchev–Trinajstić information content (AvgIpc) is 2.78. The number of hydrogen-bond donors (Lipinski definition) is 1. The number of aromatic nitrogens is 2. The van der Waals surface area contributed by atoms with Crippen molar-refractivity contribution in [3.63, 3.8) is 0 Å². The van der Waals surface area contributed by atoms with Gasteiger partial charge < -0.3 is 10.3 Å². The third kappa shape index (κ3) is 2.74. The van der Waals surface area contributed by atoms with E-state index in [-0.39, 0.29) is 6.04 Å². The van der Waals surface area contributed by atoms with E-state index in [1.807, 2.05) is 37.5 Å². The van der Waals surface area contributed by atoms with E-state index in [4.69, 9.17) is 5.73 Å². The molecule has 0 fully saturated rings. The minimum atomic E-state index is 0.205. The van der Waals surface area contributed by atoms with Crippen molar-refractivity contribution in [1.82, 2.24) is 9.55 Å². The maximum absolute atomic E-state index is 5.85. The van der Waals surface area contributed by atoms with Crippen molar-refractivity contribution < 1.29 is 0 Å². The van der Waals surface area contributed by atoms with E-state index in [1.165, 1.54) is 0 Å². The molecule has 0 bridgehead atoms. The Balaban J connectivity index is 2.29. The van der Waals surface area contributed by atoms with Crippen molar-refractivity contribution in [3.05, 3.63) is 42.7 Å². The summed E-state index contributed by atoms with van der Waals surface area (Å²) >= 11 is 0. The minimum Gasteiger partial charge on any atom is -0.328 e. The third-order valence-corrected chi connectivity index (χ3v) is 2.89. The summed E-state index contributed by atoms with van der Waals surface area (Å²) in [4.78, 5) is 4.44. The standard InChI is InChI=1S/C14H19N3/c1-11(15)10-12(2)17-9-8-16-14(17)13-6-4-3-5-7-13/h3-9,11-12H,10,15H2,1-2H3. The van der Waals surface area contributed by atoms with Crippen LogP contribution in [0.25, 0.3) is 11.4 Å². The second-order valence-electron chi connectivity index (χ2n) is 4.59. The van der Waals surface area contributed by atoms with Crippen molar-refractivity contribution in [2.75, 3.05) is 0 Å². The van der Waals surface area contributed by atoms with Crippen LogP contribution in [-0.4, -0.2) is 15.6 Å². The first-order valence-electron chi connectivity index (χ1n) is 6.02. The van der Waals surface area contributed by atoms with Crippen molar-refractivity contribution >= 4 is 0 Å². The van der Waals surface area contributed by atoms with Crippen LogP contribution in [0.3, 0.4) is 0 Å². The molecule has 2 N–H and O–H groups in total. The van der Waals surface area contributed by atoms with Crippen LogP contribution in [0.15, 0.2) is 42.7 Å². The van der Waals surface area contributed by atoms with Gasteiger partial charge in [-0.3, -0.25) is 0 Å². The highest BCUT2D eigenvalue weighted by Crippen LogP contribution is 2.22. The van der Waals surface area contributed by atoms with Crippen molar-refractivity contribution in [2.45, 2.75) is 32.4 Å². The Morgan fingerprint density at radius 2 is 1.94 bits per heavy atom. The van der Waals surface area contributed by atoms with Gasteiger partial charge in [0.15, 0.2) is 0 Å². The second-order valence-corrected chi connectivity index (χ2v) is 4.59. The maximum Gasteiger partial charge on any atom is 0.140 e. The lowest BCUT2D eigenvalue weighted by atomic mass is 10.1. The molecule has 0 saturated carbocycles. The third-order valence-electron chi connectivity index (χ3n) is 2.89. The zero-order chi connectivity index (χ0) is 12.3. The van der Waals surface area contributed by atoms with E-state index in [0.29, 0.717) is 6.04 Å². The fraction of sp³-hybridized carbons (Fsp3) is 0.357. The number of nitrogens with zero attached hydrogens (tertiary/aromatic N) is 2. The zero-order valence-corrected chi connectivity index (χ0v) is 10.4. The topological polar surface area (TPSA) is 43.8 Å². The average molecular weight is 229 g/mol. The number of rotatable bonds is 4. The Kier molecular flexibility index (Phi) is 3.59. The molecule has 0 saturated heterocycles. The largest absolute Gasteiger partial charge is 0.328 e. The lowest BCUT2D eigenvalue weighted by Crippen LogP contribution is -2.20. The predicted molar refractivity (Wildman–Crippen MR) is 70.6 cm³/mol. The molecule has 0 radical (unpaired) electrons. The van der Waals surface area contributed by atoms with Gasteiger partial charge in [-0.25, -0.2) is 4.98 Å². The lowest BCUT2D eigenvalue weighted by Gasteiger charge is -2.18. The molecule has 1 heterocycles. The molecule has 2 aromatic rings. The van der Waals surface area contributed by atoms with Gasteiger partial charge in [0.1, 0.15) is 5.82 Å². The van der Waals surface area contributed by atoms with Gasteiger partial charge in [0, 0.05) is 30.0 Å². The highest BCUT2D eigenvalue weighted by Gasteiger charge is 2.12. The van der Waals surface area contributed by atoms with Crippen LogP contribution in [-0.2, 0) is 0 Å². The monoisotopic (exact) mass is 229 g/mol. The van der Waals surface area contributed by atoms with Gasteiger partial charge in [0.05, 0.1) is 0 Å². The molecule has 2 unspecified atom stereocenters. The molecule has 2 rings (SSSR count). The normalized spacial score (nSPS) is 14.5. The summed E-state index contributed by atoms with van der Waals surface area (Å²) in [6, 6.07) is 10.8. The highest BCUT2D eigenvalue weighted by atomic mass is 15.1.